The minimum atomic E-state index is -1.02. The highest BCUT2D eigenvalue weighted by molar-refractivity contribution is 6.33. The van der Waals surface area contributed by atoms with Gasteiger partial charge in [0.2, 0.25) is 11.7 Å². The van der Waals surface area contributed by atoms with Crippen LogP contribution >= 0.6 is 11.6 Å². The van der Waals surface area contributed by atoms with Gasteiger partial charge in [0.15, 0.2) is 0 Å². The highest BCUT2D eigenvalue weighted by Crippen LogP contribution is 2.40. The van der Waals surface area contributed by atoms with Crippen LogP contribution in [-0.4, -0.2) is 27.0 Å². The lowest BCUT2D eigenvalue weighted by Crippen LogP contribution is -2.46. The Morgan fingerprint density at radius 3 is 2.79 bits per heavy atom. The Hall–Kier alpha value is -3.19. The van der Waals surface area contributed by atoms with Crippen molar-refractivity contribution in [3.05, 3.63) is 70.6 Å². The van der Waals surface area contributed by atoms with E-state index < -0.39 is 11.6 Å². The van der Waals surface area contributed by atoms with Gasteiger partial charge in [0.25, 0.3) is 5.91 Å². The van der Waals surface area contributed by atoms with Crippen LogP contribution < -0.4 is 5.32 Å². The number of amides is 3. The topological polar surface area (TPSA) is 88.3 Å². The van der Waals surface area contributed by atoms with Gasteiger partial charge in [-0.15, -0.1) is 0 Å². The van der Waals surface area contributed by atoms with Crippen LogP contribution in [0.5, 0.6) is 0 Å². The van der Waals surface area contributed by atoms with E-state index >= 15 is 0 Å². The third-order valence-corrected chi connectivity index (χ3v) is 5.86. The second-order valence-electron chi connectivity index (χ2n) is 7.23. The van der Waals surface area contributed by atoms with Gasteiger partial charge in [-0.1, -0.05) is 53.2 Å². The first-order valence-electron chi connectivity index (χ1n) is 9.38. The number of nitrogens with one attached hydrogen (secondary N) is 1. The molecule has 1 saturated heterocycles. The number of rotatable bonds is 3. The number of carbonyl (C=O) groups is 2. The molecule has 2 aromatic carbocycles. The Morgan fingerprint density at radius 1 is 1.14 bits per heavy atom. The van der Waals surface area contributed by atoms with Crippen molar-refractivity contribution in [2.45, 2.75) is 31.3 Å². The monoisotopic (exact) mass is 408 g/mol. The number of imide groups is 1. The number of halogens is 1. The van der Waals surface area contributed by atoms with Gasteiger partial charge in [-0.05, 0) is 42.5 Å². The van der Waals surface area contributed by atoms with Crippen molar-refractivity contribution in [3.63, 3.8) is 0 Å². The highest BCUT2D eigenvalue weighted by atomic mass is 35.5. The van der Waals surface area contributed by atoms with Gasteiger partial charge >= 0.3 is 6.03 Å². The summed E-state index contributed by atoms with van der Waals surface area (Å²) in [7, 11) is 0. The molecule has 0 saturated carbocycles. The van der Waals surface area contributed by atoms with E-state index in [1.807, 2.05) is 36.4 Å². The zero-order valence-electron chi connectivity index (χ0n) is 15.4. The van der Waals surface area contributed by atoms with Crippen LogP contribution in [0.3, 0.4) is 0 Å². The summed E-state index contributed by atoms with van der Waals surface area (Å²) in [6.45, 7) is -0.0912. The van der Waals surface area contributed by atoms with Crippen LogP contribution in [0.1, 0.15) is 29.9 Å². The van der Waals surface area contributed by atoms with Crippen molar-refractivity contribution < 1.29 is 14.1 Å². The smallest absolute Gasteiger partial charge is 0.325 e. The van der Waals surface area contributed by atoms with Gasteiger partial charge in [-0.25, -0.2) is 4.79 Å². The lowest BCUT2D eigenvalue weighted by atomic mass is 9.76. The second-order valence-corrected chi connectivity index (χ2v) is 7.64. The molecule has 0 unspecified atom stereocenters. The van der Waals surface area contributed by atoms with Crippen molar-refractivity contribution in [1.82, 2.24) is 20.4 Å². The molecular weight excluding hydrogens is 392 g/mol. The summed E-state index contributed by atoms with van der Waals surface area (Å²) in [5, 5.41) is 7.35. The average molecular weight is 409 g/mol. The Labute approximate surface area is 171 Å². The molecule has 7 nitrogen and oxygen atoms in total. The summed E-state index contributed by atoms with van der Waals surface area (Å²) >= 11 is 6.18. The molecule has 146 valence electrons. The lowest BCUT2D eigenvalue weighted by Gasteiger charge is -2.33. The maximum Gasteiger partial charge on any atom is 0.325 e. The number of fused-ring (bicyclic) bond motifs is 2. The molecule has 2 aliphatic rings. The minimum absolute atomic E-state index is 0.0912. The molecule has 2 heterocycles. The number of carbonyl (C=O) groups excluding carboxylic acids is 2. The fourth-order valence-electron chi connectivity index (χ4n) is 4.16. The van der Waals surface area contributed by atoms with Crippen molar-refractivity contribution in [2.75, 3.05) is 0 Å². The highest BCUT2D eigenvalue weighted by Gasteiger charge is 2.54. The van der Waals surface area contributed by atoms with E-state index in [2.05, 4.69) is 15.5 Å². The molecule has 8 heteroatoms. The van der Waals surface area contributed by atoms with E-state index in [1.54, 1.807) is 12.1 Å². The maximum atomic E-state index is 13.3. The SMILES string of the molecule is O=C1N[C@@]2(CCCc3ccccc32)C(=O)N1Cc1nc(-c2ccccc2Cl)no1. The van der Waals surface area contributed by atoms with E-state index in [4.69, 9.17) is 16.1 Å². The Balaban J connectivity index is 1.44. The van der Waals surface area contributed by atoms with Crippen LogP contribution in [-0.2, 0) is 23.3 Å². The quantitative estimate of drug-likeness (QED) is 0.668. The largest absolute Gasteiger partial charge is 0.337 e. The van der Waals surface area contributed by atoms with Crippen molar-refractivity contribution in [2.24, 2.45) is 0 Å². The first-order valence-corrected chi connectivity index (χ1v) is 9.76. The zero-order valence-corrected chi connectivity index (χ0v) is 16.1. The van der Waals surface area contributed by atoms with Gasteiger partial charge in [0, 0.05) is 5.56 Å². The van der Waals surface area contributed by atoms with Crippen molar-refractivity contribution in [1.29, 1.82) is 0 Å². The van der Waals surface area contributed by atoms with E-state index in [1.165, 1.54) is 0 Å². The molecule has 0 radical (unpaired) electrons. The van der Waals surface area contributed by atoms with Crippen molar-refractivity contribution >= 4 is 23.5 Å². The van der Waals surface area contributed by atoms with Crippen molar-refractivity contribution in [3.8, 4) is 11.4 Å². The Kier molecular flexibility index (Phi) is 4.13. The van der Waals surface area contributed by atoms with E-state index in [9.17, 15) is 9.59 Å². The van der Waals surface area contributed by atoms with Gasteiger partial charge in [0.05, 0.1) is 5.02 Å². The van der Waals surface area contributed by atoms with Crippen LogP contribution in [0.2, 0.25) is 5.02 Å². The molecule has 3 aromatic rings. The molecule has 1 aliphatic carbocycles. The van der Waals surface area contributed by atoms with Gasteiger partial charge in [-0.2, -0.15) is 4.98 Å². The molecular formula is C21H17ClN4O3. The fourth-order valence-corrected chi connectivity index (χ4v) is 4.38. The number of hydrogen-bond donors (Lipinski definition) is 1. The molecule has 1 atom stereocenters. The number of aromatic nitrogens is 2. The maximum absolute atomic E-state index is 13.3. The average Bonchev–Trinajstić information content (AvgIpc) is 3.28. The minimum Gasteiger partial charge on any atom is -0.337 e. The molecule has 1 spiro atoms. The van der Waals surface area contributed by atoms with Crippen LogP contribution in [0.4, 0.5) is 4.79 Å². The predicted octanol–water partition coefficient (Wildman–Crippen LogP) is 3.67. The van der Waals surface area contributed by atoms with Gasteiger partial charge in [-0.3, -0.25) is 9.69 Å². The summed E-state index contributed by atoms with van der Waals surface area (Å²) in [6, 6.07) is 14.4. The van der Waals surface area contributed by atoms with E-state index in [-0.39, 0.29) is 18.3 Å². The molecule has 1 fully saturated rings. The zero-order chi connectivity index (χ0) is 20.0. The third kappa shape index (κ3) is 2.81. The second kappa shape index (κ2) is 6.70. The molecule has 3 amide bonds. The summed E-state index contributed by atoms with van der Waals surface area (Å²) in [5.41, 5.74) is 1.57. The Bertz CT molecular complexity index is 1130. The normalized spacial score (nSPS) is 20.8. The number of aryl methyl sites for hydroxylation is 1. The van der Waals surface area contributed by atoms with Crippen LogP contribution in [0.25, 0.3) is 11.4 Å². The number of urea groups is 1. The summed E-state index contributed by atoms with van der Waals surface area (Å²) in [5.74, 6) is 0.201. The van der Waals surface area contributed by atoms with Crippen LogP contribution in [0.15, 0.2) is 53.1 Å². The molecule has 1 aliphatic heterocycles. The standard InChI is InChI=1S/C21H17ClN4O3/c22-16-10-4-2-8-14(16)18-23-17(29-25-18)12-26-19(27)21(24-20(26)28)11-5-7-13-6-1-3-9-15(13)21/h1-4,6,8-10H,5,7,11-12H2,(H,24,28)/t21-/m1/s1. The molecule has 1 N–H and O–H groups in total. The first kappa shape index (κ1) is 17.9. The van der Waals surface area contributed by atoms with E-state index in [0.29, 0.717) is 22.8 Å². The number of nitrogens with zero attached hydrogens (tertiary/aromatic N) is 3. The molecule has 5 rings (SSSR count). The fraction of sp³-hybridized carbons (Fsp3) is 0.238. The molecule has 1 aromatic heterocycles. The molecule has 0 bridgehead atoms. The summed E-state index contributed by atoms with van der Waals surface area (Å²) < 4.78 is 5.28. The molecule has 29 heavy (non-hydrogen) atoms. The van der Waals surface area contributed by atoms with E-state index in [0.717, 1.165) is 28.9 Å². The lowest BCUT2D eigenvalue weighted by molar-refractivity contribution is -0.132. The summed E-state index contributed by atoms with van der Waals surface area (Å²) in [4.78, 5) is 31.5. The number of hydrogen-bond acceptors (Lipinski definition) is 5. The third-order valence-electron chi connectivity index (χ3n) is 5.53. The number of benzene rings is 2. The van der Waals surface area contributed by atoms with Crippen LogP contribution in [0, 0.1) is 0 Å². The summed E-state index contributed by atoms with van der Waals surface area (Å²) in [6.07, 6.45) is 2.29. The van der Waals surface area contributed by atoms with Gasteiger partial charge < -0.3 is 9.84 Å². The Morgan fingerprint density at radius 2 is 1.93 bits per heavy atom. The van der Waals surface area contributed by atoms with Gasteiger partial charge in [0.1, 0.15) is 12.1 Å². The predicted molar refractivity (Wildman–Crippen MR) is 105 cm³/mol. The first-order chi connectivity index (χ1) is 14.1.